The fraction of sp³-hybridized carbons (Fsp3) is 0.895. The van der Waals surface area contributed by atoms with Crippen molar-refractivity contribution in [2.24, 2.45) is 0 Å². The number of carbonyl (C=O) groups is 2. The Morgan fingerprint density at radius 1 is 0.778 bits per heavy atom. The van der Waals surface area contributed by atoms with Crippen LogP contribution in [0.3, 0.4) is 0 Å². The van der Waals surface area contributed by atoms with E-state index >= 15 is 0 Å². The molecule has 0 aromatic heterocycles. The first-order valence-electron chi connectivity index (χ1n) is 9.94. The van der Waals surface area contributed by atoms with Gasteiger partial charge in [-0.25, -0.2) is 0 Å². The molecule has 0 aliphatic rings. The van der Waals surface area contributed by atoms with E-state index in [-0.39, 0.29) is 31.5 Å². The maximum Gasteiger partial charge on any atom is 0.220 e. The third kappa shape index (κ3) is 20.9. The smallest absolute Gasteiger partial charge is 0.220 e. The summed E-state index contributed by atoms with van der Waals surface area (Å²) in [6.45, 7) is 8.82. The zero-order chi connectivity index (χ0) is 20.2. The van der Waals surface area contributed by atoms with E-state index in [1.165, 1.54) is 0 Å². The molecular formula is C19H38N2O6. The van der Waals surface area contributed by atoms with Gasteiger partial charge in [0.2, 0.25) is 11.8 Å². The van der Waals surface area contributed by atoms with Crippen LogP contribution in [0.5, 0.6) is 0 Å². The highest BCUT2D eigenvalue weighted by molar-refractivity contribution is 5.76. The van der Waals surface area contributed by atoms with Crippen molar-refractivity contribution in [1.29, 1.82) is 0 Å². The van der Waals surface area contributed by atoms with Crippen LogP contribution >= 0.6 is 0 Å². The molecule has 0 radical (unpaired) electrons. The number of unbranched alkanes of at least 4 members (excludes halogenated alkanes) is 3. The zero-order valence-corrected chi connectivity index (χ0v) is 17.2. The maximum atomic E-state index is 11.7. The number of hydrogen-bond donors (Lipinski definition) is 2. The van der Waals surface area contributed by atoms with Gasteiger partial charge in [0.15, 0.2) is 0 Å². The second-order valence-corrected chi connectivity index (χ2v) is 6.37. The first-order chi connectivity index (χ1) is 13.1. The van der Waals surface area contributed by atoms with Crippen LogP contribution in [0.1, 0.15) is 59.3 Å². The second-order valence-electron chi connectivity index (χ2n) is 6.37. The second kappa shape index (κ2) is 19.5. The zero-order valence-electron chi connectivity index (χ0n) is 17.2. The molecule has 2 amide bonds. The highest BCUT2D eigenvalue weighted by Gasteiger charge is 2.03. The standard InChI is InChI=1S/C19H38N2O6/c1-4-24-15-25-13-11-20-18(22)9-7-5-6-8-10-19(23)21-12-14-26-16-27-17(2)3/h17H,4-16H2,1-3H3,(H,20,22)(H,21,23). The van der Waals surface area contributed by atoms with Crippen molar-refractivity contribution in [2.45, 2.75) is 65.4 Å². The molecule has 0 aliphatic carbocycles. The Morgan fingerprint density at radius 3 is 1.78 bits per heavy atom. The summed E-state index contributed by atoms with van der Waals surface area (Å²) in [5, 5.41) is 5.62. The lowest BCUT2D eigenvalue weighted by Crippen LogP contribution is -2.27. The summed E-state index contributed by atoms with van der Waals surface area (Å²) < 4.78 is 20.7. The number of ether oxygens (including phenoxy) is 4. The molecule has 0 saturated heterocycles. The minimum Gasteiger partial charge on any atom is -0.356 e. The normalized spacial score (nSPS) is 11.0. The molecule has 0 spiro atoms. The number of amides is 2. The summed E-state index contributed by atoms with van der Waals surface area (Å²) in [7, 11) is 0. The molecule has 0 aromatic rings. The van der Waals surface area contributed by atoms with Gasteiger partial charge in [0.05, 0.1) is 19.3 Å². The predicted molar refractivity (Wildman–Crippen MR) is 103 cm³/mol. The monoisotopic (exact) mass is 390 g/mol. The molecule has 0 rings (SSSR count). The third-order valence-electron chi connectivity index (χ3n) is 3.55. The van der Waals surface area contributed by atoms with Crippen molar-refractivity contribution in [3.05, 3.63) is 0 Å². The van der Waals surface area contributed by atoms with Crippen LogP contribution in [0.25, 0.3) is 0 Å². The van der Waals surface area contributed by atoms with Gasteiger partial charge in [-0.05, 0) is 33.6 Å². The van der Waals surface area contributed by atoms with Crippen molar-refractivity contribution in [2.75, 3.05) is 46.5 Å². The summed E-state index contributed by atoms with van der Waals surface area (Å²) in [6, 6.07) is 0. The molecule has 160 valence electrons. The molecule has 27 heavy (non-hydrogen) atoms. The molecule has 0 unspecified atom stereocenters. The largest absolute Gasteiger partial charge is 0.356 e. The van der Waals surface area contributed by atoms with Gasteiger partial charge in [0.25, 0.3) is 0 Å². The molecule has 8 heteroatoms. The number of rotatable bonds is 19. The Morgan fingerprint density at radius 2 is 1.30 bits per heavy atom. The van der Waals surface area contributed by atoms with Crippen LogP contribution in [0.4, 0.5) is 0 Å². The minimum atomic E-state index is 0.0353. The lowest BCUT2D eigenvalue weighted by molar-refractivity contribution is -0.123. The Hall–Kier alpha value is -1.22. The van der Waals surface area contributed by atoms with Gasteiger partial charge in [-0.2, -0.15) is 0 Å². The van der Waals surface area contributed by atoms with Crippen molar-refractivity contribution >= 4 is 11.8 Å². The van der Waals surface area contributed by atoms with Gasteiger partial charge in [-0.3, -0.25) is 9.59 Å². The summed E-state index contributed by atoms with van der Waals surface area (Å²) in [4.78, 5) is 23.3. The van der Waals surface area contributed by atoms with Gasteiger partial charge in [-0.1, -0.05) is 12.8 Å². The van der Waals surface area contributed by atoms with Gasteiger partial charge >= 0.3 is 0 Å². The summed E-state index contributed by atoms with van der Waals surface area (Å²) in [5.74, 6) is 0.0716. The average molecular weight is 391 g/mol. The highest BCUT2D eigenvalue weighted by Crippen LogP contribution is 2.05. The molecule has 0 heterocycles. The molecule has 2 N–H and O–H groups in total. The fourth-order valence-corrected chi connectivity index (χ4v) is 2.07. The first kappa shape index (κ1) is 25.8. The van der Waals surface area contributed by atoms with Gasteiger partial charge in [0.1, 0.15) is 13.6 Å². The molecule has 8 nitrogen and oxygen atoms in total. The SMILES string of the molecule is CCOCOCCNC(=O)CCCCCCC(=O)NCCOCOC(C)C. The van der Waals surface area contributed by atoms with Crippen LogP contribution in [0.2, 0.25) is 0 Å². The molecule has 0 aliphatic heterocycles. The molecule has 0 atom stereocenters. The van der Waals surface area contributed by atoms with Gasteiger partial charge in [0, 0.05) is 32.5 Å². The van der Waals surface area contributed by atoms with Gasteiger partial charge < -0.3 is 29.6 Å². The molecule has 0 bridgehead atoms. The summed E-state index contributed by atoms with van der Waals surface area (Å²) >= 11 is 0. The lowest BCUT2D eigenvalue weighted by Gasteiger charge is -2.09. The third-order valence-corrected chi connectivity index (χ3v) is 3.55. The number of nitrogens with one attached hydrogen (secondary N) is 2. The Balaban J connectivity index is 3.30. The van der Waals surface area contributed by atoms with E-state index in [1.807, 2.05) is 20.8 Å². The average Bonchev–Trinajstić information content (AvgIpc) is 2.63. The predicted octanol–water partition coefficient (Wildman–Crippen LogP) is 1.97. The van der Waals surface area contributed by atoms with Crippen molar-refractivity contribution in [1.82, 2.24) is 10.6 Å². The molecule has 0 aromatic carbocycles. The first-order valence-corrected chi connectivity index (χ1v) is 9.94. The molecule has 0 saturated carbocycles. The number of hydrogen-bond acceptors (Lipinski definition) is 6. The molecule has 0 fully saturated rings. The van der Waals surface area contributed by atoms with Crippen LogP contribution in [-0.4, -0.2) is 64.4 Å². The van der Waals surface area contributed by atoms with Crippen molar-refractivity contribution in [3.8, 4) is 0 Å². The van der Waals surface area contributed by atoms with E-state index < -0.39 is 0 Å². The Kier molecular flexibility index (Phi) is 18.7. The Bertz CT molecular complexity index is 366. The van der Waals surface area contributed by atoms with Crippen LogP contribution in [0.15, 0.2) is 0 Å². The molecular weight excluding hydrogens is 352 g/mol. The fourth-order valence-electron chi connectivity index (χ4n) is 2.07. The van der Waals surface area contributed by atoms with Crippen LogP contribution in [-0.2, 0) is 28.5 Å². The van der Waals surface area contributed by atoms with E-state index in [9.17, 15) is 9.59 Å². The van der Waals surface area contributed by atoms with Gasteiger partial charge in [-0.15, -0.1) is 0 Å². The summed E-state index contributed by atoms with van der Waals surface area (Å²) in [5.41, 5.74) is 0. The minimum absolute atomic E-state index is 0.0353. The highest BCUT2D eigenvalue weighted by atomic mass is 16.7. The number of carbonyl (C=O) groups excluding carboxylic acids is 2. The quantitative estimate of drug-likeness (QED) is 0.259. The van der Waals surface area contributed by atoms with E-state index in [0.717, 1.165) is 25.7 Å². The lowest BCUT2D eigenvalue weighted by atomic mass is 10.1. The van der Waals surface area contributed by atoms with E-state index in [0.29, 0.717) is 45.8 Å². The van der Waals surface area contributed by atoms with E-state index in [2.05, 4.69) is 10.6 Å². The van der Waals surface area contributed by atoms with Crippen LogP contribution in [0, 0.1) is 0 Å². The van der Waals surface area contributed by atoms with E-state index in [4.69, 9.17) is 18.9 Å². The maximum absolute atomic E-state index is 11.7. The topological polar surface area (TPSA) is 95.1 Å². The summed E-state index contributed by atoms with van der Waals surface area (Å²) in [6.07, 6.45) is 4.70. The van der Waals surface area contributed by atoms with Crippen molar-refractivity contribution < 1.29 is 28.5 Å². The van der Waals surface area contributed by atoms with Crippen molar-refractivity contribution in [3.63, 3.8) is 0 Å². The van der Waals surface area contributed by atoms with Crippen LogP contribution < -0.4 is 10.6 Å². The van der Waals surface area contributed by atoms with E-state index in [1.54, 1.807) is 0 Å². The Labute approximate surface area is 163 Å².